The van der Waals surface area contributed by atoms with Crippen LogP contribution in [0.15, 0.2) is 48.5 Å². The second kappa shape index (κ2) is 6.96. The maximum absolute atomic E-state index is 6.26. The van der Waals surface area contributed by atoms with Crippen molar-refractivity contribution in [1.29, 1.82) is 0 Å². The Morgan fingerprint density at radius 3 is 2.35 bits per heavy atom. The Hall–Kier alpha value is -2.00. The molecule has 2 N–H and O–H groups in total. The second-order valence-corrected chi connectivity index (χ2v) is 4.83. The summed E-state index contributed by atoms with van der Waals surface area (Å²) in [4.78, 5) is 0. The van der Waals surface area contributed by atoms with Crippen molar-refractivity contribution in [3.8, 4) is 11.5 Å². The number of hydrogen-bond acceptors (Lipinski definition) is 3. The first-order valence-corrected chi connectivity index (χ1v) is 6.73. The summed E-state index contributed by atoms with van der Waals surface area (Å²) in [6.07, 6.45) is 1.61. The summed E-state index contributed by atoms with van der Waals surface area (Å²) in [6.45, 7) is 0. The normalized spacial score (nSPS) is 11.9. The van der Waals surface area contributed by atoms with Crippen LogP contribution in [0.2, 0.25) is 0 Å². The zero-order chi connectivity index (χ0) is 14.4. The summed E-state index contributed by atoms with van der Waals surface area (Å²) >= 11 is 0. The van der Waals surface area contributed by atoms with Crippen molar-refractivity contribution in [2.75, 3.05) is 14.2 Å². The molecule has 1 unspecified atom stereocenters. The van der Waals surface area contributed by atoms with Gasteiger partial charge in [0, 0.05) is 6.04 Å². The number of ether oxygens (including phenoxy) is 2. The van der Waals surface area contributed by atoms with E-state index in [9.17, 15) is 0 Å². The van der Waals surface area contributed by atoms with Crippen molar-refractivity contribution in [1.82, 2.24) is 0 Å². The molecule has 3 nitrogen and oxygen atoms in total. The predicted molar refractivity (Wildman–Crippen MR) is 81.4 cm³/mol. The van der Waals surface area contributed by atoms with Crippen molar-refractivity contribution >= 4 is 0 Å². The maximum atomic E-state index is 6.26. The number of benzene rings is 2. The molecule has 2 rings (SSSR count). The smallest absolute Gasteiger partial charge is 0.122 e. The average molecular weight is 271 g/mol. The molecule has 106 valence electrons. The maximum Gasteiger partial charge on any atom is 0.122 e. The van der Waals surface area contributed by atoms with Gasteiger partial charge >= 0.3 is 0 Å². The van der Waals surface area contributed by atoms with Crippen LogP contribution in [-0.4, -0.2) is 20.3 Å². The fourth-order valence-electron chi connectivity index (χ4n) is 2.31. The van der Waals surface area contributed by atoms with Gasteiger partial charge in [0.2, 0.25) is 0 Å². The molecule has 0 aliphatic rings. The topological polar surface area (TPSA) is 44.5 Å². The summed E-state index contributed by atoms with van der Waals surface area (Å²) in [5.41, 5.74) is 8.59. The van der Waals surface area contributed by atoms with Crippen LogP contribution in [0.25, 0.3) is 0 Å². The minimum atomic E-state index is 0.0541. The van der Waals surface area contributed by atoms with Crippen LogP contribution >= 0.6 is 0 Å². The number of rotatable bonds is 6. The van der Waals surface area contributed by atoms with Crippen LogP contribution < -0.4 is 15.2 Å². The molecule has 0 aromatic heterocycles. The third kappa shape index (κ3) is 3.75. The molecule has 0 bridgehead atoms. The van der Waals surface area contributed by atoms with Gasteiger partial charge in [0.05, 0.1) is 14.2 Å². The SMILES string of the molecule is COc1ccc(OC)c(CC(N)Cc2ccccc2)c1. The van der Waals surface area contributed by atoms with E-state index < -0.39 is 0 Å². The summed E-state index contributed by atoms with van der Waals surface area (Å²) in [7, 11) is 3.34. The van der Waals surface area contributed by atoms with Crippen LogP contribution in [0.1, 0.15) is 11.1 Å². The first-order valence-electron chi connectivity index (χ1n) is 6.73. The number of nitrogens with two attached hydrogens (primary N) is 1. The Kier molecular flexibility index (Phi) is 5.02. The monoisotopic (exact) mass is 271 g/mol. The molecule has 0 saturated heterocycles. The van der Waals surface area contributed by atoms with Crippen LogP contribution in [0.3, 0.4) is 0 Å². The summed E-state index contributed by atoms with van der Waals surface area (Å²) < 4.78 is 10.6. The van der Waals surface area contributed by atoms with Gasteiger partial charge in [-0.3, -0.25) is 0 Å². The Morgan fingerprint density at radius 2 is 1.70 bits per heavy atom. The largest absolute Gasteiger partial charge is 0.497 e. The quantitative estimate of drug-likeness (QED) is 0.878. The van der Waals surface area contributed by atoms with Crippen molar-refractivity contribution in [2.45, 2.75) is 18.9 Å². The zero-order valence-electron chi connectivity index (χ0n) is 12.0. The molecular formula is C17H21NO2. The average Bonchev–Trinajstić information content (AvgIpc) is 2.48. The van der Waals surface area contributed by atoms with Crippen molar-refractivity contribution in [3.63, 3.8) is 0 Å². The van der Waals surface area contributed by atoms with Crippen molar-refractivity contribution in [2.24, 2.45) is 5.73 Å². The highest BCUT2D eigenvalue weighted by Crippen LogP contribution is 2.25. The molecule has 0 heterocycles. The number of hydrogen-bond donors (Lipinski definition) is 1. The predicted octanol–water partition coefficient (Wildman–Crippen LogP) is 2.82. The van der Waals surface area contributed by atoms with Crippen LogP contribution in [-0.2, 0) is 12.8 Å². The lowest BCUT2D eigenvalue weighted by Crippen LogP contribution is -2.25. The molecular weight excluding hydrogens is 250 g/mol. The highest BCUT2D eigenvalue weighted by atomic mass is 16.5. The van der Waals surface area contributed by atoms with Crippen molar-refractivity contribution in [3.05, 3.63) is 59.7 Å². The van der Waals surface area contributed by atoms with E-state index in [1.165, 1.54) is 5.56 Å². The molecule has 0 fully saturated rings. The van der Waals surface area contributed by atoms with E-state index >= 15 is 0 Å². The molecule has 3 heteroatoms. The van der Waals surface area contributed by atoms with Gasteiger partial charge in [-0.15, -0.1) is 0 Å². The lowest BCUT2D eigenvalue weighted by molar-refractivity contribution is 0.397. The first-order chi connectivity index (χ1) is 9.72. The lowest BCUT2D eigenvalue weighted by atomic mass is 9.99. The Bertz CT molecular complexity index is 540. The van der Waals surface area contributed by atoms with Gasteiger partial charge < -0.3 is 15.2 Å². The molecule has 2 aromatic carbocycles. The van der Waals surface area contributed by atoms with Gasteiger partial charge in [-0.1, -0.05) is 30.3 Å². The van der Waals surface area contributed by atoms with Gasteiger partial charge in [-0.05, 0) is 42.2 Å². The van der Waals surface area contributed by atoms with Gasteiger partial charge in [0.25, 0.3) is 0 Å². The Morgan fingerprint density at radius 1 is 0.950 bits per heavy atom. The summed E-state index contributed by atoms with van der Waals surface area (Å²) in [5, 5.41) is 0. The van der Waals surface area contributed by atoms with Crippen LogP contribution in [0.5, 0.6) is 11.5 Å². The summed E-state index contributed by atoms with van der Waals surface area (Å²) in [6, 6.07) is 16.1. The van der Waals surface area contributed by atoms with Gasteiger partial charge in [0.1, 0.15) is 11.5 Å². The van der Waals surface area contributed by atoms with E-state index in [1.807, 2.05) is 36.4 Å². The third-order valence-electron chi connectivity index (χ3n) is 3.31. The van der Waals surface area contributed by atoms with E-state index in [-0.39, 0.29) is 6.04 Å². The Balaban J connectivity index is 2.08. The van der Waals surface area contributed by atoms with E-state index in [0.717, 1.165) is 29.9 Å². The fraction of sp³-hybridized carbons (Fsp3) is 0.294. The molecule has 0 radical (unpaired) electrons. The molecule has 0 amide bonds. The number of methoxy groups -OCH3 is 2. The molecule has 2 aromatic rings. The summed E-state index contributed by atoms with van der Waals surface area (Å²) in [5.74, 6) is 1.68. The standard InChI is InChI=1S/C17H21NO2/c1-19-16-8-9-17(20-2)14(12-16)11-15(18)10-13-6-4-3-5-7-13/h3-9,12,15H,10-11,18H2,1-2H3. The van der Waals surface area contributed by atoms with E-state index in [0.29, 0.717) is 0 Å². The van der Waals surface area contributed by atoms with Gasteiger partial charge in [-0.25, -0.2) is 0 Å². The second-order valence-electron chi connectivity index (χ2n) is 4.83. The molecule has 0 saturated carbocycles. The highest BCUT2D eigenvalue weighted by molar-refractivity contribution is 5.41. The molecule has 20 heavy (non-hydrogen) atoms. The lowest BCUT2D eigenvalue weighted by Gasteiger charge is -2.15. The minimum Gasteiger partial charge on any atom is -0.497 e. The fourth-order valence-corrected chi connectivity index (χ4v) is 2.31. The minimum absolute atomic E-state index is 0.0541. The van der Waals surface area contributed by atoms with E-state index in [2.05, 4.69) is 12.1 Å². The highest BCUT2D eigenvalue weighted by Gasteiger charge is 2.11. The molecule has 0 aliphatic carbocycles. The third-order valence-corrected chi connectivity index (χ3v) is 3.31. The molecule has 0 aliphatic heterocycles. The Labute approximate surface area is 120 Å². The van der Waals surface area contributed by atoms with E-state index in [1.54, 1.807) is 14.2 Å². The first kappa shape index (κ1) is 14.4. The molecule has 0 spiro atoms. The zero-order valence-corrected chi connectivity index (χ0v) is 12.0. The van der Waals surface area contributed by atoms with Crippen LogP contribution in [0.4, 0.5) is 0 Å². The molecule has 1 atom stereocenters. The van der Waals surface area contributed by atoms with Gasteiger partial charge in [0.15, 0.2) is 0 Å². The van der Waals surface area contributed by atoms with E-state index in [4.69, 9.17) is 15.2 Å². The van der Waals surface area contributed by atoms with Gasteiger partial charge in [-0.2, -0.15) is 0 Å². The van der Waals surface area contributed by atoms with Crippen LogP contribution in [0, 0.1) is 0 Å². The van der Waals surface area contributed by atoms with Crippen molar-refractivity contribution < 1.29 is 9.47 Å².